The molecule has 0 radical (unpaired) electrons. The van der Waals surface area contributed by atoms with Crippen molar-refractivity contribution in [2.75, 3.05) is 19.8 Å². The van der Waals surface area contributed by atoms with Crippen LogP contribution in [0, 0.1) is 0 Å². The molecule has 7 heteroatoms. The van der Waals surface area contributed by atoms with Crippen molar-refractivity contribution in [1.29, 1.82) is 0 Å². The van der Waals surface area contributed by atoms with Gasteiger partial charge in [-0.15, -0.1) is 0 Å². The molecule has 4 rings (SSSR count). The molecule has 0 saturated carbocycles. The molecule has 1 amide bonds. The third-order valence-corrected chi connectivity index (χ3v) is 5.05. The summed E-state index contributed by atoms with van der Waals surface area (Å²) in [5.41, 5.74) is 2.89. The number of aryl methyl sites for hydroxylation is 2. The number of hydrogen-bond donors (Lipinski definition) is 2. The Morgan fingerprint density at radius 2 is 2.11 bits per heavy atom. The van der Waals surface area contributed by atoms with Crippen LogP contribution in [0.1, 0.15) is 33.6 Å². The van der Waals surface area contributed by atoms with Crippen molar-refractivity contribution in [3.8, 4) is 11.5 Å². The van der Waals surface area contributed by atoms with Crippen LogP contribution in [0.25, 0.3) is 0 Å². The van der Waals surface area contributed by atoms with Gasteiger partial charge in [0, 0.05) is 12.6 Å². The van der Waals surface area contributed by atoms with Crippen molar-refractivity contribution in [3.05, 3.63) is 57.0 Å². The van der Waals surface area contributed by atoms with E-state index in [2.05, 4.69) is 17.4 Å². The average Bonchev–Trinajstić information content (AvgIpc) is 3.13. The molecule has 2 aromatic rings. The Balaban J connectivity index is 1.38. The first-order chi connectivity index (χ1) is 13.1. The summed E-state index contributed by atoms with van der Waals surface area (Å²) in [6, 6.07) is 7.19. The highest BCUT2D eigenvalue weighted by Gasteiger charge is 2.23. The van der Waals surface area contributed by atoms with E-state index in [1.165, 1.54) is 22.1 Å². The number of amides is 1. The van der Waals surface area contributed by atoms with Gasteiger partial charge in [0.2, 0.25) is 0 Å². The highest BCUT2D eigenvalue weighted by Crippen LogP contribution is 2.26. The van der Waals surface area contributed by atoms with Crippen LogP contribution in [0.4, 0.5) is 0 Å². The number of aromatic nitrogens is 1. The van der Waals surface area contributed by atoms with Crippen molar-refractivity contribution in [1.82, 2.24) is 9.88 Å². The summed E-state index contributed by atoms with van der Waals surface area (Å²) in [7, 11) is 0. The highest BCUT2D eigenvalue weighted by atomic mass is 16.5. The zero-order chi connectivity index (χ0) is 18.8. The van der Waals surface area contributed by atoms with E-state index in [0.29, 0.717) is 25.5 Å². The lowest BCUT2D eigenvalue weighted by molar-refractivity contribution is 0.0779. The number of nitrogens with zero attached hydrogens (tertiary/aromatic N) is 1. The number of pyridine rings is 1. The molecule has 2 heterocycles. The number of fused-ring (bicyclic) bond motifs is 2. The van der Waals surface area contributed by atoms with E-state index in [1.54, 1.807) is 0 Å². The molecule has 7 nitrogen and oxygen atoms in total. The largest absolute Gasteiger partial charge is 0.507 e. The van der Waals surface area contributed by atoms with Gasteiger partial charge in [0.15, 0.2) is 0 Å². The fourth-order valence-electron chi connectivity index (χ4n) is 3.71. The van der Waals surface area contributed by atoms with Gasteiger partial charge in [-0.05, 0) is 42.5 Å². The van der Waals surface area contributed by atoms with Gasteiger partial charge < -0.3 is 24.5 Å². The molecule has 1 aromatic carbocycles. The molecule has 27 heavy (non-hydrogen) atoms. The van der Waals surface area contributed by atoms with Crippen molar-refractivity contribution in [3.63, 3.8) is 0 Å². The zero-order valence-corrected chi connectivity index (χ0v) is 15.0. The third kappa shape index (κ3) is 3.55. The minimum Gasteiger partial charge on any atom is -0.507 e. The smallest absolute Gasteiger partial charge is 0.257 e. The van der Waals surface area contributed by atoms with E-state index in [0.717, 1.165) is 24.7 Å². The maximum absolute atomic E-state index is 12.5. The average molecular weight is 370 g/mol. The standard InChI is InChI=1S/C20H22N2O5/c23-17-11-18(24)22-7-9-26-12-16(22)19(17)20(25)21-6-8-27-15-5-4-13-2-1-3-14(13)10-15/h4-5,10-11,23H,1-3,6-9,12H2,(H,21,25). The second-order valence-corrected chi connectivity index (χ2v) is 6.78. The summed E-state index contributed by atoms with van der Waals surface area (Å²) in [6.07, 6.45) is 3.40. The van der Waals surface area contributed by atoms with Crippen molar-refractivity contribution in [2.45, 2.75) is 32.4 Å². The maximum Gasteiger partial charge on any atom is 0.257 e. The quantitative estimate of drug-likeness (QED) is 0.776. The second kappa shape index (κ2) is 7.44. The Hall–Kier alpha value is -2.80. The van der Waals surface area contributed by atoms with Crippen LogP contribution in [-0.4, -0.2) is 35.3 Å². The summed E-state index contributed by atoms with van der Waals surface area (Å²) in [6.45, 7) is 1.51. The lowest BCUT2D eigenvalue weighted by Crippen LogP contribution is -2.35. The van der Waals surface area contributed by atoms with E-state index < -0.39 is 5.91 Å². The number of benzene rings is 1. The zero-order valence-electron chi connectivity index (χ0n) is 15.0. The number of carbonyl (C=O) groups excluding carboxylic acids is 1. The fraction of sp³-hybridized carbons (Fsp3) is 0.400. The van der Waals surface area contributed by atoms with Crippen molar-refractivity contribution >= 4 is 5.91 Å². The SMILES string of the molecule is O=C(NCCOc1ccc2c(c1)CCC2)c1c(O)cc(=O)n2c1COCC2. The van der Waals surface area contributed by atoms with Gasteiger partial charge in [0.05, 0.1) is 25.5 Å². The molecule has 0 saturated heterocycles. The van der Waals surface area contributed by atoms with Gasteiger partial charge in [0.1, 0.15) is 23.7 Å². The Morgan fingerprint density at radius 3 is 3.00 bits per heavy atom. The Morgan fingerprint density at radius 1 is 1.26 bits per heavy atom. The molecule has 1 aliphatic carbocycles. The lowest BCUT2D eigenvalue weighted by Gasteiger charge is -2.22. The minimum absolute atomic E-state index is 0.0897. The molecule has 0 atom stereocenters. The van der Waals surface area contributed by atoms with Gasteiger partial charge in [-0.2, -0.15) is 0 Å². The molecule has 0 spiro atoms. The van der Waals surface area contributed by atoms with Gasteiger partial charge in [-0.25, -0.2) is 0 Å². The summed E-state index contributed by atoms with van der Waals surface area (Å²) < 4.78 is 12.5. The highest BCUT2D eigenvalue weighted by molar-refractivity contribution is 5.97. The normalized spacial score (nSPS) is 15.1. The van der Waals surface area contributed by atoms with E-state index in [4.69, 9.17) is 9.47 Å². The van der Waals surface area contributed by atoms with Crippen LogP contribution < -0.4 is 15.6 Å². The molecule has 0 unspecified atom stereocenters. The summed E-state index contributed by atoms with van der Waals surface area (Å²) in [4.78, 5) is 24.5. The van der Waals surface area contributed by atoms with Gasteiger partial charge >= 0.3 is 0 Å². The predicted octanol–water partition coefficient (Wildman–Crippen LogP) is 1.38. The molecule has 2 N–H and O–H groups in total. The molecule has 0 fully saturated rings. The summed E-state index contributed by atoms with van der Waals surface area (Å²) in [5, 5.41) is 12.8. The van der Waals surface area contributed by atoms with Crippen LogP contribution in [0.3, 0.4) is 0 Å². The van der Waals surface area contributed by atoms with Crippen LogP contribution in [0.5, 0.6) is 11.5 Å². The maximum atomic E-state index is 12.5. The lowest BCUT2D eigenvalue weighted by atomic mass is 10.1. The molecule has 0 bridgehead atoms. The number of aromatic hydroxyl groups is 1. The van der Waals surface area contributed by atoms with Crippen molar-refractivity contribution in [2.24, 2.45) is 0 Å². The first-order valence-electron chi connectivity index (χ1n) is 9.20. The topological polar surface area (TPSA) is 89.8 Å². The number of rotatable bonds is 5. The van der Waals surface area contributed by atoms with E-state index in [9.17, 15) is 14.7 Å². The number of carbonyl (C=O) groups is 1. The monoisotopic (exact) mass is 370 g/mol. The summed E-state index contributed by atoms with van der Waals surface area (Å²) >= 11 is 0. The van der Waals surface area contributed by atoms with Gasteiger partial charge in [0.25, 0.3) is 11.5 Å². The second-order valence-electron chi connectivity index (χ2n) is 6.78. The van der Waals surface area contributed by atoms with E-state index in [1.807, 2.05) is 6.07 Å². The number of ether oxygens (including phenoxy) is 2. The Labute approximate surface area is 156 Å². The Bertz CT molecular complexity index is 935. The molecular formula is C20H22N2O5. The Kier molecular flexibility index (Phi) is 4.85. The summed E-state index contributed by atoms with van der Waals surface area (Å²) in [5.74, 6) is 0.0258. The molecule has 1 aliphatic heterocycles. The van der Waals surface area contributed by atoms with Crippen LogP contribution in [0.15, 0.2) is 29.1 Å². The number of hydrogen-bond acceptors (Lipinski definition) is 5. The third-order valence-electron chi connectivity index (χ3n) is 5.05. The van der Waals surface area contributed by atoms with E-state index in [-0.39, 0.29) is 30.0 Å². The first kappa shape index (κ1) is 17.6. The number of nitrogens with one attached hydrogen (secondary N) is 1. The van der Waals surface area contributed by atoms with Crippen LogP contribution in [-0.2, 0) is 30.7 Å². The predicted molar refractivity (Wildman–Crippen MR) is 98.3 cm³/mol. The minimum atomic E-state index is -0.445. The fourth-order valence-corrected chi connectivity index (χ4v) is 3.71. The van der Waals surface area contributed by atoms with Crippen molar-refractivity contribution < 1.29 is 19.4 Å². The van der Waals surface area contributed by atoms with Crippen LogP contribution in [0.2, 0.25) is 0 Å². The molecule has 2 aliphatic rings. The van der Waals surface area contributed by atoms with Gasteiger partial charge in [-0.3, -0.25) is 9.59 Å². The molecule has 142 valence electrons. The van der Waals surface area contributed by atoms with Gasteiger partial charge in [-0.1, -0.05) is 6.07 Å². The molecule has 1 aromatic heterocycles. The first-order valence-corrected chi connectivity index (χ1v) is 9.20. The van der Waals surface area contributed by atoms with Crippen LogP contribution >= 0.6 is 0 Å². The van der Waals surface area contributed by atoms with E-state index >= 15 is 0 Å². The molecular weight excluding hydrogens is 348 g/mol.